The molecule has 2 unspecified atom stereocenters. The van der Waals surface area contributed by atoms with Gasteiger partial charge in [-0.05, 0) is 43.9 Å². The summed E-state index contributed by atoms with van der Waals surface area (Å²) in [5.41, 5.74) is -1.81. The second-order valence-corrected chi connectivity index (χ2v) is 9.15. The standard InChI is InChI=1S/C20H23F2N3O4S/c1-12(2)24-6-5-20(22,10-24)11-29-14-4-3-13-7-16(26)19(18(21)15(13)8-14)25-9-17(27)23-30(25)28/h3-4,7-8,12,26H,5-6,9-11H2,1-2H3,(H,23,27). The zero-order chi connectivity index (χ0) is 21.6. The number of phenols is 1. The Morgan fingerprint density at radius 2 is 2.13 bits per heavy atom. The number of nitrogens with zero attached hydrogens (tertiary/aromatic N) is 2. The van der Waals surface area contributed by atoms with Crippen LogP contribution in [-0.2, 0) is 16.0 Å². The molecule has 30 heavy (non-hydrogen) atoms. The molecule has 2 aliphatic rings. The van der Waals surface area contributed by atoms with Gasteiger partial charge in [0.1, 0.15) is 30.3 Å². The minimum absolute atomic E-state index is 0.111. The molecule has 0 spiro atoms. The zero-order valence-electron chi connectivity index (χ0n) is 16.7. The normalized spacial score (nSPS) is 24.8. The first-order valence-corrected chi connectivity index (χ1v) is 10.8. The van der Waals surface area contributed by atoms with Crippen LogP contribution in [0.4, 0.5) is 14.5 Å². The van der Waals surface area contributed by atoms with Crippen molar-refractivity contribution in [2.45, 2.75) is 32.0 Å². The summed E-state index contributed by atoms with van der Waals surface area (Å²) in [4.78, 5) is 13.5. The molecule has 0 aromatic heterocycles. The zero-order valence-corrected chi connectivity index (χ0v) is 17.5. The molecule has 0 saturated carbocycles. The van der Waals surface area contributed by atoms with Gasteiger partial charge in [-0.2, -0.15) is 0 Å². The van der Waals surface area contributed by atoms with E-state index in [0.29, 0.717) is 18.4 Å². The Hall–Kier alpha value is -2.46. The van der Waals surface area contributed by atoms with Crippen molar-refractivity contribution in [2.75, 3.05) is 30.5 Å². The Labute approximate surface area is 175 Å². The summed E-state index contributed by atoms with van der Waals surface area (Å²) in [6.45, 7) is 4.49. The van der Waals surface area contributed by atoms with Gasteiger partial charge in [-0.25, -0.2) is 13.0 Å². The number of carbonyl (C=O) groups is 1. The molecule has 2 aromatic rings. The third kappa shape index (κ3) is 3.81. The van der Waals surface area contributed by atoms with Crippen molar-refractivity contribution in [3.63, 3.8) is 0 Å². The Morgan fingerprint density at radius 3 is 2.77 bits per heavy atom. The van der Waals surface area contributed by atoms with E-state index >= 15 is 8.78 Å². The molecule has 162 valence electrons. The number of nitrogens with one attached hydrogen (secondary N) is 1. The van der Waals surface area contributed by atoms with Crippen LogP contribution in [-0.4, -0.2) is 58.1 Å². The third-order valence-electron chi connectivity index (χ3n) is 5.50. The summed E-state index contributed by atoms with van der Waals surface area (Å²) in [6.07, 6.45) is 0.368. The number of fused-ring (bicyclic) bond motifs is 1. The quantitative estimate of drug-likeness (QED) is 0.748. The van der Waals surface area contributed by atoms with Crippen LogP contribution in [0.2, 0.25) is 0 Å². The number of aromatic hydroxyl groups is 1. The number of phenolic OH excluding ortho intramolecular Hbond substituents is 1. The van der Waals surface area contributed by atoms with Crippen LogP contribution in [0, 0.1) is 5.82 Å². The molecule has 2 heterocycles. The fourth-order valence-electron chi connectivity index (χ4n) is 3.81. The lowest BCUT2D eigenvalue weighted by Gasteiger charge is -2.23. The number of hydrogen-bond donors (Lipinski definition) is 2. The van der Waals surface area contributed by atoms with Gasteiger partial charge < -0.3 is 9.84 Å². The van der Waals surface area contributed by atoms with Crippen molar-refractivity contribution in [1.29, 1.82) is 0 Å². The third-order valence-corrected chi connectivity index (χ3v) is 6.62. The van der Waals surface area contributed by atoms with Crippen molar-refractivity contribution >= 4 is 33.5 Å². The highest BCUT2D eigenvalue weighted by Crippen LogP contribution is 2.39. The van der Waals surface area contributed by atoms with Gasteiger partial charge >= 0.3 is 0 Å². The molecule has 7 nitrogen and oxygen atoms in total. The summed E-state index contributed by atoms with van der Waals surface area (Å²) in [5, 5.41) is 10.7. The number of amides is 1. The van der Waals surface area contributed by atoms with Crippen molar-refractivity contribution in [3.05, 3.63) is 30.1 Å². The van der Waals surface area contributed by atoms with Gasteiger partial charge in [0.2, 0.25) is 11.2 Å². The first-order valence-electron chi connectivity index (χ1n) is 9.67. The van der Waals surface area contributed by atoms with Crippen LogP contribution in [0.15, 0.2) is 24.3 Å². The van der Waals surface area contributed by atoms with E-state index in [2.05, 4.69) is 4.72 Å². The first kappa shape index (κ1) is 20.8. The summed E-state index contributed by atoms with van der Waals surface area (Å²) < 4.78 is 51.0. The van der Waals surface area contributed by atoms with Crippen LogP contribution < -0.4 is 13.8 Å². The van der Waals surface area contributed by atoms with E-state index in [4.69, 9.17) is 4.74 Å². The Bertz CT molecular complexity index is 1030. The van der Waals surface area contributed by atoms with E-state index in [-0.39, 0.29) is 42.6 Å². The molecule has 2 atom stereocenters. The van der Waals surface area contributed by atoms with E-state index in [1.807, 2.05) is 18.7 Å². The lowest BCUT2D eigenvalue weighted by molar-refractivity contribution is -0.117. The summed E-state index contributed by atoms with van der Waals surface area (Å²) in [6, 6.07) is 6.13. The number of ether oxygens (including phenoxy) is 1. The predicted molar refractivity (Wildman–Crippen MR) is 110 cm³/mol. The molecule has 0 bridgehead atoms. The minimum atomic E-state index is -1.98. The van der Waals surface area contributed by atoms with E-state index in [9.17, 15) is 14.1 Å². The van der Waals surface area contributed by atoms with Gasteiger partial charge in [-0.15, -0.1) is 0 Å². The van der Waals surface area contributed by atoms with E-state index in [0.717, 1.165) is 4.31 Å². The molecule has 2 N–H and O–H groups in total. The number of alkyl halides is 1. The van der Waals surface area contributed by atoms with Crippen LogP contribution in [0.5, 0.6) is 11.5 Å². The van der Waals surface area contributed by atoms with Crippen molar-refractivity contribution in [3.8, 4) is 11.5 Å². The fraction of sp³-hybridized carbons (Fsp3) is 0.450. The highest BCUT2D eigenvalue weighted by molar-refractivity contribution is 7.85. The molecule has 2 saturated heterocycles. The molecule has 2 fully saturated rings. The highest BCUT2D eigenvalue weighted by atomic mass is 32.2. The average Bonchev–Trinajstić information content (AvgIpc) is 3.23. The SMILES string of the molecule is CC(C)N1CCC(F)(COc2ccc3cc(O)c(N4CC(=O)NS4=O)c(F)c3c2)C1. The number of rotatable bonds is 5. The Morgan fingerprint density at radius 1 is 1.37 bits per heavy atom. The molecule has 0 radical (unpaired) electrons. The first-order chi connectivity index (χ1) is 14.2. The highest BCUT2D eigenvalue weighted by Gasteiger charge is 2.40. The number of halogens is 2. The molecular formula is C20H23F2N3O4S. The van der Waals surface area contributed by atoms with Crippen LogP contribution in [0.25, 0.3) is 10.8 Å². The maximum absolute atomic E-state index is 15.2. The molecule has 2 aliphatic heterocycles. The molecule has 0 aliphatic carbocycles. The topological polar surface area (TPSA) is 82.1 Å². The Balaban J connectivity index is 1.59. The van der Waals surface area contributed by atoms with Crippen molar-refractivity contribution in [1.82, 2.24) is 9.62 Å². The lowest BCUT2D eigenvalue weighted by atomic mass is 10.1. The van der Waals surface area contributed by atoms with Gasteiger partial charge in [-0.1, -0.05) is 6.07 Å². The van der Waals surface area contributed by atoms with Crippen LogP contribution in [0.1, 0.15) is 20.3 Å². The molecular weight excluding hydrogens is 416 g/mol. The van der Waals surface area contributed by atoms with Crippen molar-refractivity contribution < 1.29 is 27.6 Å². The van der Waals surface area contributed by atoms with Gasteiger partial charge in [0.15, 0.2) is 11.5 Å². The summed E-state index contributed by atoms with van der Waals surface area (Å²) in [5.74, 6) is -1.51. The second kappa shape index (κ2) is 7.66. The summed E-state index contributed by atoms with van der Waals surface area (Å²) >= 11 is -1.98. The van der Waals surface area contributed by atoms with Crippen LogP contribution in [0.3, 0.4) is 0 Å². The number of benzene rings is 2. The van der Waals surface area contributed by atoms with Gasteiger partial charge in [-0.3, -0.25) is 18.7 Å². The lowest BCUT2D eigenvalue weighted by Crippen LogP contribution is -2.37. The van der Waals surface area contributed by atoms with E-state index in [1.165, 1.54) is 12.1 Å². The average molecular weight is 439 g/mol. The number of carbonyl (C=O) groups excluding carboxylic acids is 1. The fourth-order valence-corrected chi connectivity index (χ4v) is 4.75. The minimum Gasteiger partial charge on any atom is -0.506 e. The van der Waals surface area contributed by atoms with Gasteiger partial charge in [0.05, 0.1) is 0 Å². The van der Waals surface area contributed by atoms with E-state index < -0.39 is 34.3 Å². The number of hydrogen-bond acceptors (Lipinski definition) is 5. The Kier molecular flexibility index (Phi) is 5.31. The number of likely N-dealkylation sites (tertiary alicyclic amines) is 1. The van der Waals surface area contributed by atoms with Crippen molar-refractivity contribution in [2.24, 2.45) is 0 Å². The largest absolute Gasteiger partial charge is 0.506 e. The second-order valence-electron chi connectivity index (χ2n) is 8.01. The smallest absolute Gasteiger partial charge is 0.253 e. The maximum Gasteiger partial charge on any atom is 0.253 e. The molecule has 10 heteroatoms. The maximum atomic E-state index is 15.2. The van der Waals surface area contributed by atoms with Crippen LogP contribution >= 0.6 is 0 Å². The van der Waals surface area contributed by atoms with Gasteiger partial charge in [0, 0.05) is 24.5 Å². The molecule has 1 amide bonds. The molecule has 2 aromatic carbocycles. The van der Waals surface area contributed by atoms with Gasteiger partial charge in [0.25, 0.3) is 5.91 Å². The number of anilines is 1. The molecule has 4 rings (SSSR count). The van der Waals surface area contributed by atoms with E-state index in [1.54, 1.807) is 12.1 Å². The summed E-state index contributed by atoms with van der Waals surface area (Å²) in [7, 11) is 0. The predicted octanol–water partition coefficient (Wildman–Crippen LogP) is 2.40. The monoisotopic (exact) mass is 439 g/mol.